The molecule has 1 N–H and O–H groups in total. The second-order valence-corrected chi connectivity index (χ2v) is 8.95. The SMILES string of the molecule is COCCN(CC(=O)N1CCc2sccc2[C@@H]1COc1ccccc1OC)C[C@@H](O)COC. The van der Waals surface area contributed by atoms with Gasteiger partial charge in [0.05, 0.1) is 39.0 Å². The second-order valence-electron chi connectivity index (χ2n) is 7.95. The van der Waals surface area contributed by atoms with Crippen molar-refractivity contribution in [2.45, 2.75) is 18.6 Å². The number of benzene rings is 1. The first-order valence-corrected chi connectivity index (χ1v) is 11.9. The molecule has 2 heterocycles. The highest BCUT2D eigenvalue weighted by molar-refractivity contribution is 7.10. The van der Waals surface area contributed by atoms with Crippen molar-refractivity contribution >= 4 is 17.2 Å². The Morgan fingerprint density at radius 1 is 1.21 bits per heavy atom. The lowest BCUT2D eigenvalue weighted by Crippen LogP contribution is -2.48. The highest BCUT2D eigenvalue weighted by atomic mass is 32.1. The number of hydrogen-bond donors (Lipinski definition) is 1. The minimum atomic E-state index is -0.672. The van der Waals surface area contributed by atoms with Crippen LogP contribution in [0.15, 0.2) is 35.7 Å². The molecular weight excluding hydrogens is 444 g/mol. The Bertz CT molecular complexity index is 876. The molecule has 2 atom stereocenters. The van der Waals surface area contributed by atoms with Gasteiger partial charge < -0.3 is 29.0 Å². The number of carbonyl (C=O) groups excluding carboxylic acids is 1. The van der Waals surface area contributed by atoms with Crippen LogP contribution in [-0.2, 0) is 20.7 Å². The molecule has 182 valence electrons. The smallest absolute Gasteiger partial charge is 0.237 e. The summed E-state index contributed by atoms with van der Waals surface area (Å²) in [6.45, 7) is 2.73. The number of fused-ring (bicyclic) bond motifs is 1. The largest absolute Gasteiger partial charge is 0.493 e. The number of para-hydroxylation sites is 2. The third-order valence-electron chi connectivity index (χ3n) is 5.68. The summed E-state index contributed by atoms with van der Waals surface area (Å²) in [5.41, 5.74) is 1.14. The predicted molar refractivity (Wildman–Crippen MR) is 127 cm³/mol. The van der Waals surface area contributed by atoms with Crippen LogP contribution in [0.1, 0.15) is 16.5 Å². The van der Waals surface area contributed by atoms with Crippen molar-refractivity contribution in [3.8, 4) is 11.5 Å². The van der Waals surface area contributed by atoms with Crippen LogP contribution >= 0.6 is 11.3 Å². The number of nitrogens with zero attached hydrogens (tertiary/aromatic N) is 2. The highest BCUT2D eigenvalue weighted by Gasteiger charge is 2.33. The van der Waals surface area contributed by atoms with Crippen LogP contribution in [0.2, 0.25) is 0 Å². The Kier molecular flexibility index (Phi) is 9.95. The van der Waals surface area contributed by atoms with Crippen LogP contribution in [0.5, 0.6) is 11.5 Å². The average molecular weight is 479 g/mol. The van der Waals surface area contributed by atoms with Gasteiger partial charge in [-0.15, -0.1) is 11.3 Å². The number of aliphatic hydroxyl groups is 1. The van der Waals surface area contributed by atoms with Gasteiger partial charge in [0, 0.05) is 38.7 Å². The van der Waals surface area contributed by atoms with Crippen molar-refractivity contribution in [1.82, 2.24) is 9.80 Å². The van der Waals surface area contributed by atoms with Crippen molar-refractivity contribution < 1.29 is 28.8 Å². The molecule has 1 aliphatic rings. The fourth-order valence-electron chi connectivity index (χ4n) is 4.06. The third-order valence-corrected chi connectivity index (χ3v) is 6.68. The van der Waals surface area contributed by atoms with Crippen LogP contribution in [0.3, 0.4) is 0 Å². The van der Waals surface area contributed by atoms with E-state index in [1.807, 2.05) is 34.1 Å². The van der Waals surface area contributed by atoms with Crippen molar-refractivity contribution in [2.24, 2.45) is 0 Å². The van der Waals surface area contributed by atoms with E-state index in [9.17, 15) is 9.90 Å². The first kappa shape index (κ1) is 25.5. The van der Waals surface area contributed by atoms with Gasteiger partial charge in [-0.2, -0.15) is 0 Å². The van der Waals surface area contributed by atoms with Gasteiger partial charge in [-0.25, -0.2) is 0 Å². The van der Waals surface area contributed by atoms with Gasteiger partial charge in [0.15, 0.2) is 11.5 Å². The molecule has 0 saturated carbocycles. The molecule has 1 aromatic heterocycles. The first-order chi connectivity index (χ1) is 16.1. The molecule has 1 amide bonds. The van der Waals surface area contributed by atoms with Crippen LogP contribution < -0.4 is 9.47 Å². The summed E-state index contributed by atoms with van der Waals surface area (Å²) in [6.07, 6.45) is 0.156. The Morgan fingerprint density at radius 2 is 2.00 bits per heavy atom. The maximum absolute atomic E-state index is 13.4. The molecule has 0 radical (unpaired) electrons. The maximum atomic E-state index is 13.4. The van der Waals surface area contributed by atoms with Gasteiger partial charge in [0.25, 0.3) is 0 Å². The standard InChI is InChI=1S/C24H34N2O6S/c1-29-12-11-25(14-18(27)16-30-2)15-24(28)26-10-8-23-19(9-13-33-23)20(26)17-32-22-7-5-4-6-21(22)31-3/h4-7,9,13,18,20,27H,8,10-12,14-17H2,1-3H3/t18-,20+/m1/s1. The molecule has 0 fully saturated rings. The summed E-state index contributed by atoms with van der Waals surface area (Å²) in [4.78, 5) is 18.5. The molecule has 8 nitrogen and oxygen atoms in total. The summed E-state index contributed by atoms with van der Waals surface area (Å²) >= 11 is 1.72. The lowest BCUT2D eigenvalue weighted by atomic mass is 10.0. The Balaban J connectivity index is 1.73. The van der Waals surface area contributed by atoms with Crippen molar-refractivity contribution in [3.05, 3.63) is 46.2 Å². The zero-order chi connectivity index (χ0) is 23.6. The normalized spacial score (nSPS) is 16.5. The molecule has 2 aromatic rings. The van der Waals surface area contributed by atoms with Crippen LogP contribution in [0.25, 0.3) is 0 Å². The maximum Gasteiger partial charge on any atom is 0.237 e. The average Bonchev–Trinajstić information content (AvgIpc) is 3.30. The highest BCUT2D eigenvalue weighted by Crippen LogP contribution is 2.35. The van der Waals surface area contributed by atoms with E-state index in [0.717, 1.165) is 12.0 Å². The van der Waals surface area contributed by atoms with E-state index in [4.69, 9.17) is 18.9 Å². The third kappa shape index (κ3) is 6.91. The summed E-state index contributed by atoms with van der Waals surface area (Å²) in [5.74, 6) is 1.31. The van der Waals surface area contributed by atoms with E-state index in [0.29, 0.717) is 44.3 Å². The predicted octanol–water partition coefficient (Wildman–Crippen LogP) is 2.22. The lowest BCUT2D eigenvalue weighted by Gasteiger charge is -2.37. The molecule has 0 unspecified atom stereocenters. The molecule has 33 heavy (non-hydrogen) atoms. The minimum Gasteiger partial charge on any atom is -0.493 e. The summed E-state index contributed by atoms with van der Waals surface area (Å²) in [5, 5.41) is 12.3. The van der Waals surface area contributed by atoms with E-state index < -0.39 is 6.10 Å². The number of rotatable bonds is 13. The summed E-state index contributed by atoms with van der Waals surface area (Å²) in [7, 11) is 4.79. The Morgan fingerprint density at radius 3 is 2.73 bits per heavy atom. The second kappa shape index (κ2) is 12.9. The molecule has 3 rings (SSSR count). The molecule has 1 aliphatic heterocycles. The van der Waals surface area contributed by atoms with Gasteiger partial charge in [0.2, 0.25) is 5.91 Å². The molecule has 9 heteroatoms. The number of carbonyl (C=O) groups is 1. The zero-order valence-electron chi connectivity index (χ0n) is 19.6. The number of aliphatic hydroxyl groups excluding tert-OH is 1. The number of ether oxygens (including phenoxy) is 4. The van der Waals surface area contributed by atoms with E-state index in [-0.39, 0.29) is 25.1 Å². The number of methoxy groups -OCH3 is 3. The quantitative estimate of drug-likeness (QED) is 0.473. The number of hydrogen-bond acceptors (Lipinski definition) is 8. The van der Waals surface area contributed by atoms with Gasteiger partial charge in [0.1, 0.15) is 6.61 Å². The monoisotopic (exact) mass is 478 g/mol. The Labute approximate surface area is 199 Å². The molecule has 0 saturated heterocycles. The molecule has 1 aromatic carbocycles. The van der Waals surface area contributed by atoms with Gasteiger partial charge in [-0.1, -0.05) is 12.1 Å². The fraction of sp³-hybridized carbons (Fsp3) is 0.542. The van der Waals surface area contributed by atoms with Gasteiger partial charge in [-0.05, 0) is 35.6 Å². The van der Waals surface area contributed by atoms with E-state index >= 15 is 0 Å². The van der Waals surface area contributed by atoms with E-state index in [2.05, 4.69) is 11.4 Å². The van der Waals surface area contributed by atoms with Crippen molar-refractivity contribution in [3.63, 3.8) is 0 Å². The van der Waals surface area contributed by atoms with Crippen molar-refractivity contribution in [1.29, 1.82) is 0 Å². The number of thiophene rings is 1. The molecule has 0 aliphatic carbocycles. The summed E-state index contributed by atoms with van der Waals surface area (Å²) in [6, 6.07) is 9.41. The van der Waals surface area contributed by atoms with Crippen LogP contribution in [0.4, 0.5) is 0 Å². The molecule has 0 spiro atoms. The molecule has 0 bridgehead atoms. The Hall–Kier alpha value is -2.17. The zero-order valence-corrected chi connectivity index (χ0v) is 20.4. The minimum absolute atomic E-state index is 0.00111. The fourth-order valence-corrected chi connectivity index (χ4v) is 4.99. The first-order valence-electron chi connectivity index (χ1n) is 11.1. The number of amides is 1. The topological polar surface area (TPSA) is 80.7 Å². The lowest BCUT2D eigenvalue weighted by molar-refractivity contribution is -0.136. The summed E-state index contributed by atoms with van der Waals surface area (Å²) < 4.78 is 21.8. The van der Waals surface area contributed by atoms with Crippen molar-refractivity contribution in [2.75, 3.05) is 67.3 Å². The van der Waals surface area contributed by atoms with Gasteiger partial charge >= 0.3 is 0 Å². The van der Waals surface area contributed by atoms with E-state index in [1.54, 1.807) is 32.7 Å². The van der Waals surface area contributed by atoms with E-state index in [1.165, 1.54) is 4.88 Å². The van der Waals surface area contributed by atoms with Crippen LogP contribution in [0, 0.1) is 0 Å². The molecular formula is C24H34N2O6S. The van der Waals surface area contributed by atoms with Gasteiger partial charge in [-0.3, -0.25) is 9.69 Å². The van der Waals surface area contributed by atoms with Crippen LogP contribution in [-0.4, -0.2) is 94.2 Å².